The van der Waals surface area contributed by atoms with Crippen molar-refractivity contribution in [2.24, 2.45) is 17.8 Å². The fourth-order valence-electron chi connectivity index (χ4n) is 5.37. The molecular weight excluding hydrogens is 354 g/mol. The van der Waals surface area contributed by atoms with Crippen molar-refractivity contribution < 1.29 is 8.42 Å². The lowest BCUT2D eigenvalue weighted by Crippen LogP contribution is -2.15. The Hall–Kier alpha value is -1.81. The summed E-state index contributed by atoms with van der Waals surface area (Å²) in [5.41, 5.74) is 3.64. The van der Waals surface area contributed by atoms with E-state index in [1.54, 1.807) is 0 Å². The molecule has 0 bridgehead atoms. The van der Waals surface area contributed by atoms with Gasteiger partial charge in [-0.3, -0.25) is 4.72 Å². The lowest BCUT2D eigenvalue weighted by molar-refractivity contribution is 0.389. The van der Waals surface area contributed by atoms with E-state index >= 15 is 0 Å². The minimum absolute atomic E-state index is 0.227. The van der Waals surface area contributed by atoms with Crippen LogP contribution < -0.4 is 4.72 Å². The van der Waals surface area contributed by atoms with Crippen LogP contribution in [0.2, 0.25) is 0 Å². The molecule has 4 rings (SSSR count). The molecule has 0 saturated heterocycles. The first-order valence-corrected chi connectivity index (χ1v) is 11.9. The summed E-state index contributed by atoms with van der Waals surface area (Å²) in [6.45, 7) is 2.36. The van der Waals surface area contributed by atoms with Gasteiger partial charge in [0.1, 0.15) is 0 Å². The standard InChI is InChI=1S/C23H29NO2S/c1-23(19-12-7-13-20(16-19)24-27(2,25)26)21-14-18(15-22(21)23)11-6-10-17-8-4-3-5-9-17/h3-5,7-9,12-13,16,18,21-22,24H,6,10-11,14-15H2,1-2H3. The van der Waals surface area contributed by atoms with E-state index in [0.717, 1.165) is 17.8 Å². The lowest BCUT2D eigenvalue weighted by atomic mass is 9.84. The van der Waals surface area contributed by atoms with E-state index < -0.39 is 10.0 Å². The molecule has 2 atom stereocenters. The number of hydrogen-bond donors (Lipinski definition) is 1. The predicted molar refractivity (Wildman–Crippen MR) is 111 cm³/mol. The van der Waals surface area contributed by atoms with Crippen LogP contribution in [0.4, 0.5) is 5.69 Å². The average Bonchev–Trinajstić information content (AvgIpc) is 2.98. The maximum absolute atomic E-state index is 11.5. The molecule has 2 aromatic carbocycles. The molecule has 0 heterocycles. The Kier molecular flexibility index (Phi) is 4.79. The zero-order valence-electron chi connectivity index (χ0n) is 16.2. The molecule has 2 saturated carbocycles. The van der Waals surface area contributed by atoms with Gasteiger partial charge in [0, 0.05) is 5.69 Å². The van der Waals surface area contributed by atoms with Gasteiger partial charge in [-0.1, -0.05) is 55.8 Å². The van der Waals surface area contributed by atoms with Crippen molar-refractivity contribution in [2.45, 2.75) is 44.4 Å². The van der Waals surface area contributed by atoms with Gasteiger partial charge in [-0.15, -0.1) is 0 Å². The van der Waals surface area contributed by atoms with E-state index in [9.17, 15) is 8.42 Å². The van der Waals surface area contributed by atoms with E-state index in [0.29, 0.717) is 5.69 Å². The summed E-state index contributed by atoms with van der Waals surface area (Å²) in [5.74, 6) is 2.37. The summed E-state index contributed by atoms with van der Waals surface area (Å²) in [7, 11) is -3.23. The molecule has 2 aliphatic rings. The summed E-state index contributed by atoms with van der Waals surface area (Å²) in [4.78, 5) is 0. The third kappa shape index (κ3) is 3.91. The number of hydrogen-bond acceptors (Lipinski definition) is 2. The Morgan fingerprint density at radius 3 is 2.41 bits per heavy atom. The first-order chi connectivity index (χ1) is 12.9. The molecule has 3 nitrogen and oxygen atoms in total. The van der Waals surface area contributed by atoms with Crippen LogP contribution in [0.25, 0.3) is 0 Å². The van der Waals surface area contributed by atoms with Gasteiger partial charge in [0.2, 0.25) is 10.0 Å². The van der Waals surface area contributed by atoms with Gasteiger partial charge in [-0.2, -0.15) is 0 Å². The highest BCUT2D eigenvalue weighted by Gasteiger charge is 2.65. The van der Waals surface area contributed by atoms with Crippen molar-refractivity contribution >= 4 is 15.7 Å². The zero-order valence-corrected chi connectivity index (χ0v) is 17.0. The molecule has 0 aliphatic heterocycles. The van der Waals surface area contributed by atoms with Crippen molar-refractivity contribution in [2.75, 3.05) is 11.0 Å². The molecule has 2 fully saturated rings. The smallest absolute Gasteiger partial charge is 0.229 e. The monoisotopic (exact) mass is 383 g/mol. The number of benzene rings is 2. The molecule has 0 aromatic heterocycles. The first-order valence-electron chi connectivity index (χ1n) is 9.98. The topological polar surface area (TPSA) is 46.2 Å². The van der Waals surface area contributed by atoms with E-state index in [4.69, 9.17) is 0 Å². The van der Waals surface area contributed by atoms with E-state index in [-0.39, 0.29) is 5.41 Å². The first kappa shape index (κ1) is 18.5. The number of aryl methyl sites for hydroxylation is 1. The zero-order chi connectivity index (χ0) is 19.1. The maximum Gasteiger partial charge on any atom is 0.229 e. The Labute approximate surface area is 163 Å². The fraction of sp³-hybridized carbons (Fsp3) is 0.478. The third-order valence-electron chi connectivity index (χ3n) is 6.80. The molecule has 2 aromatic rings. The average molecular weight is 384 g/mol. The van der Waals surface area contributed by atoms with Gasteiger partial charge in [-0.25, -0.2) is 8.42 Å². The van der Waals surface area contributed by atoms with Crippen molar-refractivity contribution in [1.82, 2.24) is 0 Å². The highest BCUT2D eigenvalue weighted by molar-refractivity contribution is 7.92. The van der Waals surface area contributed by atoms with Crippen molar-refractivity contribution in [3.63, 3.8) is 0 Å². The van der Waals surface area contributed by atoms with E-state index in [2.05, 4.69) is 48.0 Å². The minimum Gasteiger partial charge on any atom is -0.284 e. The Morgan fingerprint density at radius 2 is 1.74 bits per heavy atom. The summed E-state index contributed by atoms with van der Waals surface area (Å²) in [6, 6.07) is 18.8. The molecule has 4 heteroatoms. The van der Waals surface area contributed by atoms with Crippen LogP contribution >= 0.6 is 0 Å². The Morgan fingerprint density at radius 1 is 1.04 bits per heavy atom. The molecule has 0 amide bonds. The molecule has 0 spiro atoms. The van der Waals surface area contributed by atoms with Crippen molar-refractivity contribution in [1.29, 1.82) is 0 Å². The minimum atomic E-state index is -3.23. The number of fused-ring (bicyclic) bond motifs is 1. The highest BCUT2D eigenvalue weighted by Crippen LogP contribution is 2.69. The van der Waals surface area contributed by atoms with Crippen LogP contribution in [-0.2, 0) is 21.9 Å². The van der Waals surface area contributed by atoms with Gasteiger partial charge >= 0.3 is 0 Å². The van der Waals surface area contributed by atoms with Crippen molar-refractivity contribution in [3.05, 3.63) is 65.7 Å². The van der Waals surface area contributed by atoms with Crippen LogP contribution in [-0.4, -0.2) is 14.7 Å². The van der Waals surface area contributed by atoms with E-state index in [1.165, 1.54) is 49.5 Å². The molecule has 27 heavy (non-hydrogen) atoms. The number of rotatable bonds is 7. The summed E-state index contributed by atoms with van der Waals surface area (Å²) in [6.07, 6.45) is 7.63. The highest BCUT2D eigenvalue weighted by atomic mass is 32.2. The van der Waals surface area contributed by atoms with Gasteiger partial charge in [0.15, 0.2) is 0 Å². The largest absolute Gasteiger partial charge is 0.284 e. The summed E-state index contributed by atoms with van der Waals surface area (Å²) in [5, 5.41) is 0. The normalized spacial score (nSPS) is 29.3. The van der Waals surface area contributed by atoms with E-state index in [1.807, 2.05) is 18.2 Å². The van der Waals surface area contributed by atoms with Crippen LogP contribution in [0, 0.1) is 17.8 Å². The number of sulfonamides is 1. The van der Waals surface area contributed by atoms with Crippen LogP contribution in [0.15, 0.2) is 54.6 Å². The maximum atomic E-state index is 11.5. The Bertz CT molecular complexity index is 895. The summed E-state index contributed by atoms with van der Waals surface area (Å²) < 4.78 is 25.6. The van der Waals surface area contributed by atoms with Crippen LogP contribution in [0.5, 0.6) is 0 Å². The van der Waals surface area contributed by atoms with Gasteiger partial charge < -0.3 is 0 Å². The molecule has 0 radical (unpaired) electrons. The van der Waals surface area contributed by atoms with Gasteiger partial charge in [0.05, 0.1) is 6.26 Å². The molecule has 2 unspecified atom stereocenters. The molecule has 2 aliphatic carbocycles. The number of anilines is 1. The fourth-order valence-corrected chi connectivity index (χ4v) is 5.92. The van der Waals surface area contributed by atoms with Crippen LogP contribution in [0.1, 0.15) is 43.7 Å². The van der Waals surface area contributed by atoms with Gasteiger partial charge in [0.25, 0.3) is 0 Å². The molecule has 1 N–H and O–H groups in total. The summed E-state index contributed by atoms with van der Waals surface area (Å²) >= 11 is 0. The van der Waals surface area contributed by atoms with Gasteiger partial charge in [-0.05, 0) is 72.1 Å². The second-order valence-corrected chi connectivity index (χ2v) is 10.4. The quantitative estimate of drug-likeness (QED) is 0.732. The third-order valence-corrected chi connectivity index (χ3v) is 7.41. The second-order valence-electron chi connectivity index (χ2n) is 8.67. The Balaban J connectivity index is 1.33. The molecular formula is C23H29NO2S. The SMILES string of the molecule is CC1(c2cccc(NS(C)(=O)=O)c2)C2CC(CCCc3ccccc3)CC21. The predicted octanol–water partition coefficient (Wildman–Crippen LogP) is 4.99. The van der Waals surface area contributed by atoms with Crippen molar-refractivity contribution in [3.8, 4) is 0 Å². The van der Waals surface area contributed by atoms with Crippen LogP contribution in [0.3, 0.4) is 0 Å². The lowest BCUT2D eigenvalue weighted by Gasteiger charge is -2.21. The second kappa shape index (κ2) is 6.97. The molecule has 144 valence electrons. The number of nitrogens with one attached hydrogen (secondary N) is 1.